The van der Waals surface area contributed by atoms with Crippen molar-refractivity contribution < 1.29 is 24.1 Å². The topological polar surface area (TPSA) is 116 Å². The Morgan fingerprint density at radius 3 is 2.40 bits per heavy atom. The quantitative estimate of drug-likeness (QED) is 0.303. The van der Waals surface area contributed by atoms with Crippen molar-refractivity contribution in [3.05, 3.63) is 35.4 Å². The fourth-order valence-electron chi connectivity index (χ4n) is 2.95. The van der Waals surface area contributed by atoms with Gasteiger partial charge < -0.3 is 10.4 Å². The number of amides is 2. The van der Waals surface area contributed by atoms with E-state index in [4.69, 9.17) is 10.3 Å². The van der Waals surface area contributed by atoms with Gasteiger partial charge in [-0.3, -0.25) is 19.0 Å². The summed E-state index contributed by atoms with van der Waals surface area (Å²) in [7, 11) is -1.44. The Bertz CT molecular complexity index is 928. The van der Waals surface area contributed by atoms with Crippen molar-refractivity contribution in [2.24, 2.45) is 11.8 Å². The molecule has 1 fully saturated rings. The summed E-state index contributed by atoms with van der Waals surface area (Å²) in [6.45, 7) is 3.34. The summed E-state index contributed by atoms with van der Waals surface area (Å²) in [5.74, 6) is 10.8. The predicted octanol–water partition coefficient (Wildman–Crippen LogP) is 0.821. The normalized spacial score (nSPS) is 19.6. The maximum absolute atomic E-state index is 12.5. The van der Waals surface area contributed by atoms with E-state index in [1.807, 2.05) is 0 Å². The van der Waals surface area contributed by atoms with Crippen LogP contribution in [0.5, 0.6) is 0 Å². The van der Waals surface area contributed by atoms with Gasteiger partial charge in [-0.25, -0.2) is 5.48 Å². The maximum atomic E-state index is 12.5. The molecular weight excluding hydrogens is 404 g/mol. The first kappa shape index (κ1) is 23.6. The van der Waals surface area contributed by atoms with Crippen LogP contribution in [0.2, 0.25) is 0 Å². The smallest absolute Gasteiger partial charge is 0.267 e. The molecule has 8 heteroatoms. The van der Waals surface area contributed by atoms with Crippen LogP contribution in [0.4, 0.5) is 0 Å². The lowest BCUT2D eigenvalue weighted by Gasteiger charge is -2.31. The van der Waals surface area contributed by atoms with Crippen LogP contribution in [0.3, 0.4) is 0 Å². The Hall–Kier alpha value is -2.65. The van der Waals surface area contributed by atoms with Crippen LogP contribution >= 0.6 is 0 Å². The number of hydrogen-bond acceptors (Lipinski definition) is 5. The number of nitrogens with one attached hydrogen (secondary N) is 2. The van der Waals surface area contributed by atoms with E-state index in [0.717, 1.165) is 12.8 Å². The molecule has 0 radical (unpaired) electrons. The van der Waals surface area contributed by atoms with Gasteiger partial charge in [-0.1, -0.05) is 11.8 Å². The van der Waals surface area contributed by atoms with Crippen LogP contribution in [-0.2, 0) is 15.6 Å². The summed E-state index contributed by atoms with van der Waals surface area (Å²) < 4.78 is 10.9. The second-order valence-corrected chi connectivity index (χ2v) is 9.71. The van der Waals surface area contributed by atoms with Gasteiger partial charge >= 0.3 is 0 Å². The van der Waals surface area contributed by atoms with Crippen LogP contribution in [0, 0.1) is 35.5 Å². The molecular formula is C22H26N2O5S. The Morgan fingerprint density at radius 2 is 1.87 bits per heavy atom. The largest absolute Gasteiger partial charge is 0.396 e. The van der Waals surface area contributed by atoms with Gasteiger partial charge in [0.05, 0.1) is 4.75 Å². The molecule has 1 aromatic carbocycles. The average molecular weight is 431 g/mol. The lowest BCUT2D eigenvalue weighted by molar-refractivity contribution is -0.131. The molecule has 2 atom stereocenters. The van der Waals surface area contributed by atoms with E-state index in [1.54, 1.807) is 38.1 Å². The molecule has 1 aliphatic carbocycles. The van der Waals surface area contributed by atoms with Gasteiger partial charge in [0.1, 0.15) is 6.04 Å². The minimum atomic E-state index is -1.44. The molecule has 1 unspecified atom stereocenters. The minimum absolute atomic E-state index is 0.211. The van der Waals surface area contributed by atoms with E-state index in [2.05, 4.69) is 29.0 Å². The van der Waals surface area contributed by atoms with Crippen molar-refractivity contribution in [1.82, 2.24) is 10.8 Å². The van der Waals surface area contributed by atoms with Gasteiger partial charge in [-0.15, -0.1) is 0 Å². The number of aliphatic hydroxyl groups is 1. The van der Waals surface area contributed by atoms with Crippen molar-refractivity contribution in [1.29, 1.82) is 0 Å². The van der Waals surface area contributed by atoms with Gasteiger partial charge in [0.15, 0.2) is 0 Å². The summed E-state index contributed by atoms with van der Waals surface area (Å²) in [4.78, 5) is 24.5. The first-order valence-electron chi connectivity index (χ1n) is 9.49. The third-order valence-electron chi connectivity index (χ3n) is 5.27. The lowest BCUT2D eigenvalue weighted by Crippen LogP contribution is -2.58. The highest BCUT2D eigenvalue weighted by molar-refractivity contribution is 7.85. The molecule has 1 aromatic rings. The molecule has 160 valence electrons. The lowest BCUT2D eigenvalue weighted by atomic mass is 9.76. The van der Waals surface area contributed by atoms with E-state index in [1.165, 1.54) is 11.7 Å². The van der Waals surface area contributed by atoms with E-state index in [9.17, 15) is 13.8 Å². The Balaban J connectivity index is 2.02. The average Bonchev–Trinajstić information content (AvgIpc) is 2.69. The second kappa shape index (κ2) is 10.4. The zero-order valence-corrected chi connectivity index (χ0v) is 18.0. The van der Waals surface area contributed by atoms with Crippen molar-refractivity contribution in [3.8, 4) is 23.7 Å². The van der Waals surface area contributed by atoms with E-state index < -0.39 is 33.4 Å². The number of rotatable bonds is 6. The summed E-state index contributed by atoms with van der Waals surface area (Å²) in [6.07, 6.45) is 3.25. The fourth-order valence-corrected chi connectivity index (χ4v) is 3.45. The van der Waals surface area contributed by atoms with Crippen LogP contribution in [-0.4, -0.2) is 50.0 Å². The van der Waals surface area contributed by atoms with Gasteiger partial charge in [-0.05, 0) is 68.7 Å². The van der Waals surface area contributed by atoms with Crippen molar-refractivity contribution in [3.63, 3.8) is 0 Å². The van der Waals surface area contributed by atoms with Crippen LogP contribution in [0.15, 0.2) is 24.3 Å². The van der Waals surface area contributed by atoms with Crippen molar-refractivity contribution >= 4 is 22.6 Å². The summed E-state index contributed by atoms with van der Waals surface area (Å²) in [6, 6.07) is 5.27. The number of benzene rings is 1. The Morgan fingerprint density at radius 1 is 1.23 bits per heavy atom. The molecule has 0 bridgehead atoms. The number of hydroxylamine groups is 1. The Kier molecular flexibility index (Phi) is 8.19. The third-order valence-corrected chi connectivity index (χ3v) is 6.99. The van der Waals surface area contributed by atoms with Gasteiger partial charge in [0.25, 0.3) is 11.8 Å². The van der Waals surface area contributed by atoms with Gasteiger partial charge in [0.2, 0.25) is 0 Å². The molecule has 0 aliphatic heterocycles. The molecule has 2 rings (SSSR count). The SMILES string of the molecule is CS(=O)C(C)(C)[C@H](NC(=O)c1ccc(C#CC#CC2CC(CO)C2)cc1)C(=O)NO. The summed E-state index contributed by atoms with van der Waals surface area (Å²) in [5.41, 5.74) is 2.49. The monoisotopic (exact) mass is 430 g/mol. The molecule has 4 N–H and O–H groups in total. The predicted molar refractivity (Wildman–Crippen MR) is 114 cm³/mol. The third kappa shape index (κ3) is 5.93. The highest BCUT2D eigenvalue weighted by Gasteiger charge is 2.39. The van der Waals surface area contributed by atoms with Crippen LogP contribution in [0.1, 0.15) is 42.6 Å². The standard InChI is InChI=1S/C22H26N2O5S/c1-22(2,30(3)29)19(21(27)24-28)23-20(26)18-10-8-15(9-11-18)6-4-5-7-16-12-17(13-16)14-25/h8-11,16-17,19,25,28H,12-14H2,1-3H3,(H,23,26)(H,24,27)/t16?,17?,19-,30?/m1/s1. The second-order valence-electron chi connectivity index (χ2n) is 7.75. The number of carbonyl (C=O) groups excluding carboxylic acids is 2. The minimum Gasteiger partial charge on any atom is -0.396 e. The number of hydrogen-bond donors (Lipinski definition) is 4. The highest BCUT2D eigenvalue weighted by atomic mass is 32.2. The summed E-state index contributed by atoms with van der Waals surface area (Å²) in [5, 5.41) is 20.5. The molecule has 0 saturated heterocycles. The summed E-state index contributed by atoms with van der Waals surface area (Å²) >= 11 is 0. The molecule has 2 amide bonds. The zero-order chi connectivity index (χ0) is 22.3. The maximum Gasteiger partial charge on any atom is 0.267 e. The van der Waals surface area contributed by atoms with E-state index in [0.29, 0.717) is 23.0 Å². The molecule has 1 saturated carbocycles. The van der Waals surface area contributed by atoms with E-state index in [-0.39, 0.29) is 6.61 Å². The van der Waals surface area contributed by atoms with Crippen molar-refractivity contribution in [2.45, 2.75) is 37.5 Å². The molecule has 7 nitrogen and oxygen atoms in total. The Labute approximate surface area is 179 Å². The highest BCUT2D eigenvalue weighted by Crippen LogP contribution is 2.32. The van der Waals surface area contributed by atoms with Crippen molar-refractivity contribution in [2.75, 3.05) is 12.9 Å². The molecule has 30 heavy (non-hydrogen) atoms. The van der Waals surface area contributed by atoms with Gasteiger partial charge in [-0.2, -0.15) is 0 Å². The molecule has 0 spiro atoms. The molecule has 0 heterocycles. The van der Waals surface area contributed by atoms with E-state index >= 15 is 0 Å². The van der Waals surface area contributed by atoms with Crippen LogP contribution in [0.25, 0.3) is 0 Å². The fraction of sp³-hybridized carbons (Fsp3) is 0.455. The van der Waals surface area contributed by atoms with Gasteiger partial charge in [0, 0.05) is 40.7 Å². The molecule has 0 aromatic heterocycles. The first-order chi connectivity index (χ1) is 14.2. The number of carbonyl (C=O) groups is 2. The molecule has 1 aliphatic rings. The zero-order valence-electron chi connectivity index (χ0n) is 17.2. The first-order valence-corrected chi connectivity index (χ1v) is 11.1. The van der Waals surface area contributed by atoms with Crippen LogP contribution < -0.4 is 10.8 Å². The number of aliphatic hydroxyl groups excluding tert-OH is 1.